The van der Waals surface area contributed by atoms with Gasteiger partial charge in [0.1, 0.15) is 5.52 Å². The Kier molecular flexibility index (Phi) is 5.50. The van der Waals surface area contributed by atoms with Gasteiger partial charge in [-0.3, -0.25) is 9.97 Å². The molecule has 0 saturated carbocycles. The van der Waals surface area contributed by atoms with Crippen molar-refractivity contribution in [1.82, 2.24) is 9.97 Å². The number of nitrogens with zero attached hydrogens (tertiary/aromatic N) is 2. The maximum Gasteiger partial charge on any atom is 0.112 e. The van der Waals surface area contributed by atoms with Gasteiger partial charge in [-0.25, -0.2) is 0 Å². The number of anilines is 1. The molecule has 2 aromatic rings. The van der Waals surface area contributed by atoms with E-state index in [1.807, 2.05) is 12.1 Å². The van der Waals surface area contributed by atoms with Gasteiger partial charge in [0.05, 0.1) is 24.4 Å². The fourth-order valence-corrected chi connectivity index (χ4v) is 2.03. The van der Waals surface area contributed by atoms with Gasteiger partial charge in [-0.15, -0.1) is 0 Å². The minimum absolute atomic E-state index is 0.0707. The molecule has 0 saturated heterocycles. The maximum absolute atomic E-state index is 8.58. The Morgan fingerprint density at radius 1 is 1.32 bits per heavy atom. The first-order valence-corrected chi connectivity index (χ1v) is 6.93. The lowest BCUT2D eigenvalue weighted by molar-refractivity contribution is 0.0922. The molecule has 5 nitrogen and oxygen atoms in total. The van der Waals surface area contributed by atoms with Gasteiger partial charge in [0, 0.05) is 30.0 Å². The SMILES string of the molecule is OCCOCCCNc1ccnc2cc(Br)cnc12. The molecule has 2 heterocycles. The number of rotatable bonds is 7. The van der Waals surface area contributed by atoms with Crippen molar-refractivity contribution in [3.63, 3.8) is 0 Å². The van der Waals surface area contributed by atoms with Crippen LogP contribution in [0.5, 0.6) is 0 Å². The summed E-state index contributed by atoms with van der Waals surface area (Å²) in [5.41, 5.74) is 2.69. The molecular formula is C13H16BrN3O2. The summed E-state index contributed by atoms with van der Waals surface area (Å²) in [6.45, 7) is 1.90. The van der Waals surface area contributed by atoms with Gasteiger partial charge >= 0.3 is 0 Å². The summed E-state index contributed by atoms with van der Waals surface area (Å²) in [7, 11) is 0. The molecule has 0 atom stereocenters. The average molecular weight is 326 g/mol. The normalized spacial score (nSPS) is 10.8. The Hall–Kier alpha value is -1.24. The minimum atomic E-state index is 0.0707. The van der Waals surface area contributed by atoms with Crippen LogP contribution in [-0.4, -0.2) is 41.4 Å². The van der Waals surface area contributed by atoms with Crippen molar-refractivity contribution in [2.24, 2.45) is 0 Å². The highest BCUT2D eigenvalue weighted by atomic mass is 79.9. The molecule has 6 heteroatoms. The highest BCUT2D eigenvalue weighted by Gasteiger charge is 2.03. The number of pyridine rings is 2. The molecule has 19 heavy (non-hydrogen) atoms. The smallest absolute Gasteiger partial charge is 0.112 e. The molecule has 0 amide bonds. The van der Waals surface area contributed by atoms with Crippen molar-refractivity contribution in [1.29, 1.82) is 0 Å². The number of aromatic nitrogens is 2. The Balaban J connectivity index is 1.93. The molecule has 0 aliphatic heterocycles. The molecule has 0 aliphatic carbocycles. The van der Waals surface area contributed by atoms with Crippen LogP contribution >= 0.6 is 15.9 Å². The fraction of sp³-hybridized carbons (Fsp3) is 0.385. The Morgan fingerprint density at radius 3 is 3.05 bits per heavy atom. The molecule has 102 valence electrons. The van der Waals surface area contributed by atoms with Gasteiger partial charge in [-0.05, 0) is 34.5 Å². The summed E-state index contributed by atoms with van der Waals surface area (Å²) in [5.74, 6) is 0. The van der Waals surface area contributed by atoms with Gasteiger partial charge in [-0.2, -0.15) is 0 Å². The third-order valence-corrected chi connectivity index (χ3v) is 2.99. The van der Waals surface area contributed by atoms with Gasteiger partial charge in [-0.1, -0.05) is 0 Å². The van der Waals surface area contributed by atoms with Crippen LogP contribution in [0.4, 0.5) is 5.69 Å². The van der Waals surface area contributed by atoms with E-state index in [-0.39, 0.29) is 6.61 Å². The highest BCUT2D eigenvalue weighted by molar-refractivity contribution is 9.10. The van der Waals surface area contributed by atoms with Gasteiger partial charge < -0.3 is 15.2 Å². The molecule has 0 radical (unpaired) electrons. The number of aliphatic hydroxyl groups is 1. The lowest BCUT2D eigenvalue weighted by atomic mass is 10.3. The molecule has 0 bridgehead atoms. The average Bonchev–Trinajstić information content (AvgIpc) is 2.42. The molecule has 0 spiro atoms. The summed E-state index contributed by atoms with van der Waals surface area (Å²) >= 11 is 3.39. The number of fused-ring (bicyclic) bond motifs is 1. The number of hydrogen-bond donors (Lipinski definition) is 2. The second kappa shape index (κ2) is 7.37. The first-order valence-electron chi connectivity index (χ1n) is 6.14. The largest absolute Gasteiger partial charge is 0.394 e. The molecular weight excluding hydrogens is 310 g/mol. The van der Waals surface area contributed by atoms with Crippen LogP contribution in [0.3, 0.4) is 0 Å². The van der Waals surface area contributed by atoms with E-state index in [2.05, 4.69) is 31.2 Å². The molecule has 0 fully saturated rings. The van der Waals surface area contributed by atoms with Crippen molar-refractivity contribution in [2.45, 2.75) is 6.42 Å². The molecule has 0 unspecified atom stereocenters. The summed E-state index contributed by atoms with van der Waals surface area (Å²) in [6.07, 6.45) is 4.40. The minimum Gasteiger partial charge on any atom is -0.394 e. The van der Waals surface area contributed by atoms with Crippen LogP contribution in [-0.2, 0) is 4.74 Å². The quantitative estimate of drug-likeness (QED) is 0.764. The van der Waals surface area contributed by atoms with Crippen molar-refractivity contribution in [3.05, 3.63) is 29.0 Å². The van der Waals surface area contributed by atoms with E-state index in [4.69, 9.17) is 9.84 Å². The van der Waals surface area contributed by atoms with E-state index in [0.717, 1.165) is 34.2 Å². The van der Waals surface area contributed by atoms with E-state index in [0.29, 0.717) is 13.2 Å². The third-order valence-electron chi connectivity index (χ3n) is 2.56. The van der Waals surface area contributed by atoms with Crippen molar-refractivity contribution in [3.8, 4) is 0 Å². The van der Waals surface area contributed by atoms with Crippen LogP contribution in [0.1, 0.15) is 6.42 Å². The van der Waals surface area contributed by atoms with Crippen molar-refractivity contribution < 1.29 is 9.84 Å². The second-order valence-electron chi connectivity index (χ2n) is 4.00. The van der Waals surface area contributed by atoms with Gasteiger partial charge in [0.2, 0.25) is 0 Å². The first-order chi connectivity index (χ1) is 9.31. The van der Waals surface area contributed by atoms with E-state index >= 15 is 0 Å². The zero-order valence-electron chi connectivity index (χ0n) is 10.5. The first kappa shape index (κ1) is 14.2. The van der Waals surface area contributed by atoms with E-state index in [1.165, 1.54) is 0 Å². The lowest BCUT2D eigenvalue weighted by Crippen LogP contribution is -2.08. The second-order valence-corrected chi connectivity index (χ2v) is 4.91. The predicted molar refractivity (Wildman–Crippen MR) is 78.2 cm³/mol. The summed E-state index contributed by atoms with van der Waals surface area (Å²) in [5, 5.41) is 11.9. The van der Waals surface area contributed by atoms with E-state index < -0.39 is 0 Å². The van der Waals surface area contributed by atoms with Crippen molar-refractivity contribution in [2.75, 3.05) is 31.7 Å². The van der Waals surface area contributed by atoms with Crippen LogP contribution < -0.4 is 5.32 Å². The van der Waals surface area contributed by atoms with Gasteiger partial charge in [0.15, 0.2) is 0 Å². The maximum atomic E-state index is 8.58. The third kappa shape index (κ3) is 4.12. The number of hydrogen-bond acceptors (Lipinski definition) is 5. The van der Waals surface area contributed by atoms with Crippen molar-refractivity contribution >= 4 is 32.7 Å². The Labute approximate surface area is 120 Å². The molecule has 2 aromatic heterocycles. The van der Waals surface area contributed by atoms with Gasteiger partial charge in [0.25, 0.3) is 0 Å². The molecule has 2 rings (SSSR count). The summed E-state index contributed by atoms with van der Waals surface area (Å²) < 4.78 is 6.12. The topological polar surface area (TPSA) is 67.3 Å². The Bertz CT molecular complexity index is 536. The zero-order valence-corrected chi connectivity index (χ0v) is 12.1. The summed E-state index contributed by atoms with van der Waals surface area (Å²) in [4.78, 5) is 8.66. The summed E-state index contributed by atoms with van der Waals surface area (Å²) in [6, 6.07) is 3.86. The fourth-order valence-electron chi connectivity index (χ4n) is 1.71. The van der Waals surface area contributed by atoms with Crippen LogP contribution in [0.2, 0.25) is 0 Å². The Morgan fingerprint density at radius 2 is 2.21 bits per heavy atom. The molecule has 0 aromatic carbocycles. The number of aliphatic hydroxyl groups excluding tert-OH is 1. The zero-order chi connectivity index (χ0) is 13.5. The lowest BCUT2D eigenvalue weighted by Gasteiger charge is -2.08. The van der Waals surface area contributed by atoms with E-state index in [9.17, 15) is 0 Å². The number of nitrogens with one attached hydrogen (secondary N) is 1. The molecule has 2 N–H and O–H groups in total. The van der Waals surface area contributed by atoms with Crippen LogP contribution in [0.25, 0.3) is 11.0 Å². The van der Waals surface area contributed by atoms with E-state index in [1.54, 1.807) is 12.4 Å². The number of ether oxygens (including phenoxy) is 1. The monoisotopic (exact) mass is 325 g/mol. The standard InChI is InChI=1S/C13H16BrN3O2/c14-10-8-12-13(17-9-10)11(2-4-16-12)15-3-1-6-19-7-5-18/h2,4,8-9,18H,1,3,5-7H2,(H,15,16). The predicted octanol–water partition coefficient (Wildman–Crippen LogP) is 2.20. The van der Waals surface area contributed by atoms with Crippen LogP contribution in [0.15, 0.2) is 29.0 Å². The highest BCUT2D eigenvalue weighted by Crippen LogP contribution is 2.21. The molecule has 0 aliphatic rings. The van der Waals surface area contributed by atoms with Crippen LogP contribution in [0, 0.1) is 0 Å². The number of halogens is 1.